The second-order valence-electron chi connectivity index (χ2n) is 6.13. The lowest BCUT2D eigenvalue weighted by molar-refractivity contribution is -0.181. The molecule has 4 rings (SSSR count). The summed E-state index contributed by atoms with van der Waals surface area (Å²) >= 11 is 0. The molecule has 4 saturated carbocycles. The summed E-state index contributed by atoms with van der Waals surface area (Å²) in [6.45, 7) is 0. The first-order chi connectivity index (χ1) is 7.63. The molecule has 90 valence electrons. The fourth-order valence-electron chi connectivity index (χ4n) is 4.96. The zero-order valence-electron chi connectivity index (χ0n) is 9.39. The number of hydrogen-bond donors (Lipinski definition) is 2. The summed E-state index contributed by atoms with van der Waals surface area (Å²) in [6.07, 6.45) is 6.14. The summed E-state index contributed by atoms with van der Waals surface area (Å²) in [5, 5.41) is 9.23. The molecule has 1 unspecified atom stereocenters. The van der Waals surface area contributed by atoms with Crippen molar-refractivity contribution in [1.29, 1.82) is 0 Å². The van der Waals surface area contributed by atoms with Gasteiger partial charge >= 0.3 is 5.97 Å². The maximum atomic E-state index is 11.2. The molecule has 0 aliphatic heterocycles. The molecule has 4 nitrogen and oxygen atoms in total. The van der Waals surface area contributed by atoms with Gasteiger partial charge in [0.15, 0.2) is 6.10 Å². The van der Waals surface area contributed by atoms with Gasteiger partial charge in [0.1, 0.15) is 0 Å². The standard InChI is InChI=1S/C12H19NO3/c13-16-10(11(14)15)12-4-7-1-8(5-12)3-9(2-7)6-12/h7-10H,1-6,13H2,(H,14,15). The quantitative estimate of drug-likeness (QED) is 0.715. The summed E-state index contributed by atoms with van der Waals surface area (Å²) in [7, 11) is 0. The topological polar surface area (TPSA) is 72.5 Å². The van der Waals surface area contributed by atoms with Crippen LogP contribution in [0.3, 0.4) is 0 Å². The van der Waals surface area contributed by atoms with E-state index in [0.29, 0.717) is 0 Å². The number of rotatable bonds is 3. The predicted molar refractivity (Wildman–Crippen MR) is 57.3 cm³/mol. The van der Waals surface area contributed by atoms with Gasteiger partial charge < -0.3 is 5.11 Å². The van der Waals surface area contributed by atoms with Crippen molar-refractivity contribution in [1.82, 2.24) is 0 Å². The fourth-order valence-corrected chi connectivity index (χ4v) is 4.96. The smallest absolute Gasteiger partial charge is 0.335 e. The van der Waals surface area contributed by atoms with Crippen LogP contribution in [0.2, 0.25) is 0 Å². The highest BCUT2D eigenvalue weighted by Crippen LogP contribution is 2.61. The molecule has 0 saturated heterocycles. The molecule has 0 amide bonds. The number of carbonyl (C=O) groups is 1. The van der Waals surface area contributed by atoms with Crippen molar-refractivity contribution in [3.63, 3.8) is 0 Å². The lowest BCUT2D eigenvalue weighted by Crippen LogP contribution is -2.55. The van der Waals surface area contributed by atoms with E-state index in [4.69, 9.17) is 10.7 Å². The number of aliphatic carboxylic acids is 1. The van der Waals surface area contributed by atoms with Gasteiger partial charge in [-0.1, -0.05) is 0 Å². The molecule has 4 aliphatic rings. The molecule has 0 heterocycles. The first-order valence-electron chi connectivity index (χ1n) is 6.21. The number of carboxylic acid groups (broad SMARTS) is 1. The molecule has 16 heavy (non-hydrogen) atoms. The van der Waals surface area contributed by atoms with Gasteiger partial charge in [-0.2, -0.15) is 0 Å². The van der Waals surface area contributed by atoms with E-state index < -0.39 is 12.1 Å². The highest BCUT2D eigenvalue weighted by Gasteiger charge is 2.56. The third-order valence-electron chi connectivity index (χ3n) is 5.00. The van der Waals surface area contributed by atoms with Gasteiger partial charge in [-0.05, 0) is 56.3 Å². The van der Waals surface area contributed by atoms with Gasteiger partial charge in [0.2, 0.25) is 0 Å². The third-order valence-corrected chi connectivity index (χ3v) is 5.00. The maximum Gasteiger partial charge on any atom is 0.335 e. The Labute approximate surface area is 95.1 Å². The monoisotopic (exact) mass is 225 g/mol. The van der Waals surface area contributed by atoms with Gasteiger partial charge in [-0.15, -0.1) is 0 Å². The minimum Gasteiger partial charge on any atom is -0.479 e. The Morgan fingerprint density at radius 1 is 1.19 bits per heavy atom. The molecular formula is C12H19NO3. The second-order valence-corrected chi connectivity index (χ2v) is 6.13. The van der Waals surface area contributed by atoms with E-state index in [1.54, 1.807) is 0 Å². The Morgan fingerprint density at radius 3 is 1.94 bits per heavy atom. The number of nitrogens with two attached hydrogens (primary N) is 1. The summed E-state index contributed by atoms with van der Waals surface area (Å²) in [5.74, 6) is 6.51. The highest BCUT2D eigenvalue weighted by molar-refractivity contribution is 5.73. The van der Waals surface area contributed by atoms with Crippen molar-refractivity contribution < 1.29 is 14.7 Å². The van der Waals surface area contributed by atoms with E-state index in [1.165, 1.54) is 19.3 Å². The Balaban J connectivity index is 1.90. The molecule has 3 N–H and O–H groups in total. The predicted octanol–water partition coefficient (Wildman–Crippen LogP) is 1.55. The molecular weight excluding hydrogens is 206 g/mol. The summed E-state index contributed by atoms with van der Waals surface area (Å²) < 4.78 is 0. The lowest BCUT2D eigenvalue weighted by Gasteiger charge is -2.57. The maximum absolute atomic E-state index is 11.2. The summed E-state index contributed by atoms with van der Waals surface area (Å²) in [6, 6.07) is 0. The van der Waals surface area contributed by atoms with Crippen LogP contribution >= 0.6 is 0 Å². The van der Waals surface area contributed by atoms with Crippen LogP contribution < -0.4 is 5.90 Å². The third kappa shape index (κ3) is 1.39. The van der Waals surface area contributed by atoms with Crippen LogP contribution in [0.5, 0.6) is 0 Å². The molecule has 4 heteroatoms. The molecule has 0 aromatic rings. The van der Waals surface area contributed by atoms with E-state index in [1.807, 2.05) is 0 Å². The Kier molecular flexibility index (Phi) is 2.27. The van der Waals surface area contributed by atoms with Crippen LogP contribution in [0.25, 0.3) is 0 Å². The molecule has 0 spiro atoms. The van der Waals surface area contributed by atoms with E-state index in [-0.39, 0.29) is 5.41 Å². The molecule has 4 bridgehead atoms. The number of carboxylic acids is 1. The van der Waals surface area contributed by atoms with Crippen LogP contribution in [0.4, 0.5) is 0 Å². The zero-order valence-corrected chi connectivity index (χ0v) is 9.39. The normalized spacial score (nSPS) is 46.9. The zero-order chi connectivity index (χ0) is 11.3. The van der Waals surface area contributed by atoms with Crippen LogP contribution in [0.15, 0.2) is 0 Å². The largest absolute Gasteiger partial charge is 0.479 e. The van der Waals surface area contributed by atoms with E-state index in [0.717, 1.165) is 37.0 Å². The molecule has 0 aromatic carbocycles. The lowest BCUT2D eigenvalue weighted by atomic mass is 9.48. The van der Waals surface area contributed by atoms with Gasteiger partial charge in [0, 0.05) is 5.41 Å². The average molecular weight is 225 g/mol. The first kappa shape index (κ1) is 10.5. The minimum atomic E-state index is -0.885. The van der Waals surface area contributed by atoms with Crippen molar-refractivity contribution in [2.24, 2.45) is 29.1 Å². The Hall–Kier alpha value is -0.610. The molecule has 0 radical (unpaired) electrons. The van der Waals surface area contributed by atoms with Crippen molar-refractivity contribution in [2.75, 3.05) is 0 Å². The van der Waals surface area contributed by atoms with Gasteiger partial charge in [0.05, 0.1) is 0 Å². The number of hydrogen-bond acceptors (Lipinski definition) is 3. The summed E-state index contributed by atoms with van der Waals surface area (Å²) in [4.78, 5) is 16.0. The van der Waals surface area contributed by atoms with Crippen molar-refractivity contribution in [3.8, 4) is 0 Å². The van der Waals surface area contributed by atoms with E-state index >= 15 is 0 Å². The van der Waals surface area contributed by atoms with Crippen LogP contribution in [0, 0.1) is 23.2 Å². The van der Waals surface area contributed by atoms with Crippen molar-refractivity contribution in [2.45, 2.75) is 44.6 Å². The van der Waals surface area contributed by atoms with Gasteiger partial charge in [-0.3, -0.25) is 4.84 Å². The average Bonchev–Trinajstić information content (AvgIpc) is 2.14. The van der Waals surface area contributed by atoms with E-state index in [2.05, 4.69) is 0 Å². The first-order valence-corrected chi connectivity index (χ1v) is 6.21. The van der Waals surface area contributed by atoms with E-state index in [9.17, 15) is 9.90 Å². The van der Waals surface area contributed by atoms with Crippen LogP contribution in [0.1, 0.15) is 38.5 Å². The van der Waals surface area contributed by atoms with Crippen molar-refractivity contribution in [3.05, 3.63) is 0 Å². The Morgan fingerprint density at radius 2 is 1.62 bits per heavy atom. The van der Waals surface area contributed by atoms with Crippen molar-refractivity contribution >= 4 is 5.97 Å². The van der Waals surface area contributed by atoms with Gasteiger partial charge in [-0.25, -0.2) is 10.7 Å². The second kappa shape index (κ2) is 3.44. The fraction of sp³-hybridized carbons (Fsp3) is 0.917. The van der Waals surface area contributed by atoms with Crippen LogP contribution in [-0.2, 0) is 9.63 Å². The minimum absolute atomic E-state index is 0.157. The highest BCUT2D eigenvalue weighted by atomic mass is 16.6. The SMILES string of the molecule is NOC(C(=O)O)C12CC3CC(CC(C3)C1)C2. The van der Waals surface area contributed by atoms with Gasteiger partial charge in [0.25, 0.3) is 0 Å². The van der Waals surface area contributed by atoms with Crippen LogP contribution in [-0.4, -0.2) is 17.2 Å². The molecule has 1 atom stereocenters. The summed E-state index contributed by atoms with van der Waals surface area (Å²) in [5.41, 5.74) is -0.157. The molecule has 4 aliphatic carbocycles. The molecule has 4 fully saturated rings. The Bertz CT molecular complexity index is 280. The molecule has 0 aromatic heterocycles.